The summed E-state index contributed by atoms with van der Waals surface area (Å²) in [5.74, 6) is -1.57. The Morgan fingerprint density at radius 3 is 2.76 bits per heavy atom. The van der Waals surface area contributed by atoms with Crippen molar-refractivity contribution in [3.8, 4) is 0 Å². The highest BCUT2D eigenvalue weighted by Gasteiger charge is 2.24. The predicted octanol–water partition coefficient (Wildman–Crippen LogP) is 0.887. The van der Waals surface area contributed by atoms with Crippen LogP contribution in [0.3, 0.4) is 0 Å². The minimum atomic E-state index is -0.975. The molecule has 0 radical (unpaired) electrons. The fourth-order valence-corrected chi connectivity index (χ4v) is 1.11. The maximum absolute atomic E-state index is 12.1. The summed E-state index contributed by atoms with van der Waals surface area (Å²) < 4.78 is 29.2. The van der Waals surface area contributed by atoms with E-state index in [1.807, 2.05) is 0 Å². The molecular weight excluding hydrogens is 240 g/mol. The number of rotatable bonds is 6. The number of carbonyl (C=O) groups is 1. The van der Waals surface area contributed by atoms with E-state index in [2.05, 4.69) is 9.84 Å². The number of nitro groups is 1. The van der Waals surface area contributed by atoms with Crippen molar-refractivity contribution < 1.29 is 23.2 Å². The molecule has 1 aromatic rings. The molecule has 0 aromatic carbocycles. The van der Waals surface area contributed by atoms with E-state index in [0.29, 0.717) is 0 Å². The van der Waals surface area contributed by atoms with Crippen LogP contribution >= 0.6 is 0 Å². The largest absolute Gasteiger partial charge is 0.458 e. The minimum Gasteiger partial charge on any atom is -0.458 e. The Bertz CT molecular complexity index is 421. The second-order valence-corrected chi connectivity index (χ2v) is 2.88. The lowest BCUT2D eigenvalue weighted by atomic mass is 10.4. The molecule has 0 atom stereocenters. The number of aromatic nitrogens is 2. The van der Waals surface area contributed by atoms with Crippen LogP contribution < -0.4 is 0 Å². The van der Waals surface area contributed by atoms with Crippen LogP contribution in [0, 0.1) is 10.1 Å². The molecule has 0 saturated carbocycles. The Labute approximate surface area is 94.1 Å². The quantitative estimate of drug-likeness (QED) is 0.424. The highest BCUT2D eigenvalue weighted by atomic mass is 19.1. The molecule has 0 fully saturated rings. The van der Waals surface area contributed by atoms with E-state index in [1.54, 1.807) is 0 Å². The van der Waals surface area contributed by atoms with Crippen molar-refractivity contribution in [1.82, 2.24) is 9.78 Å². The van der Waals surface area contributed by atoms with Crippen LogP contribution in [0.25, 0.3) is 0 Å². The first-order valence-electron chi connectivity index (χ1n) is 4.61. The number of carbonyl (C=O) groups excluding carboxylic acids is 1. The molecule has 1 rings (SSSR count). The minimum absolute atomic E-state index is 0.275. The van der Waals surface area contributed by atoms with Crippen molar-refractivity contribution in [3.63, 3.8) is 0 Å². The number of nitrogens with zero attached hydrogens (tertiary/aromatic N) is 3. The van der Waals surface area contributed by atoms with Crippen LogP contribution in [0.1, 0.15) is 10.5 Å². The van der Waals surface area contributed by atoms with Crippen molar-refractivity contribution in [3.05, 3.63) is 21.9 Å². The zero-order valence-electron chi connectivity index (χ0n) is 8.64. The van der Waals surface area contributed by atoms with E-state index in [-0.39, 0.29) is 12.2 Å². The van der Waals surface area contributed by atoms with Gasteiger partial charge in [-0.1, -0.05) is 0 Å². The molecule has 0 unspecified atom stereocenters. The van der Waals surface area contributed by atoms with Gasteiger partial charge in [0, 0.05) is 0 Å². The average molecular weight is 249 g/mol. The normalized spacial score (nSPS) is 10.2. The summed E-state index contributed by atoms with van der Waals surface area (Å²) in [6, 6.07) is 0.857. The monoisotopic (exact) mass is 249 g/mol. The number of alkyl halides is 2. The van der Waals surface area contributed by atoms with Gasteiger partial charge in [0.05, 0.1) is 17.7 Å². The summed E-state index contributed by atoms with van der Waals surface area (Å²) in [6.07, 6.45) is 0. The van der Waals surface area contributed by atoms with Crippen LogP contribution in [-0.2, 0) is 11.3 Å². The van der Waals surface area contributed by atoms with E-state index in [4.69, 9.17) is 0 Å². The van der Waals surface area contributed by atoms with E-state index in [0.717, 1.165) is 10.7 Å². The van der Waals surface area contributed by atoms with Gasteiger partial charge >= 0.3 is 11.8 Å². The highest BCUT2D eigenvalue weighted by molar-refractivity contribution is 5.88. The molecule has 0 saturated heterocycles. The number of esters is 1. The first-order chi connectivity index (χ1) is 8.10. The van der Waals surface area contributed by atoms with Gasteiger partial charge in [-0.3, -0.25) is 0 Å². The topological polar surface area (TPSA) is 87.3 Å². The second-order valence-electron chi connectivity index (χ2n) is 2.88. The van der Waals surface area contributed by atoms with Gasteiger partial charge in [0.25, 0.3) is 0 Å². The number of ether oxygens (including phenoxy) is 1. The number of hydrogen-bond acceptors (Lipinski definition) is 5. The lowest BCUT2D eigenvalue weighted by Crippen LogP contribution is -2.15. The summed E-state index contributed by atoms with van der Waals surface area (Å²) >= 11 is 0. The van der Waals surface area contributed by atoms with Crippen LogP contribution in [0.2, 0.25) is 0 Å². The van der Waals surface area contributed by atoms with E-state index >= 15 is 0 Å². The van der Waals surface area contributed by atoms with Gasteiger partial charge in [-0.05, 0) is 4.92 Å². The molecule has 0 aliphatic rings. The molecule has 7 nitrogen and oxygen atoms in total. The molecule has 0 aliphatic carbocycles. The molecule has 1 heterocycles. The Morgan fingerprint density at radius 2 is 2.24 bits per heavy atom. The van der Waals surface area contributed by atoms with Crippen LogP contribution in [0.5, 0.6) is 0 Å². The van der Waals surface area contributed by atoms with Crippen molar-refractivity contribution >= 4 is 11.8 Å². The van der Waals surface area contributed by atoms with Gasteiger partial charge < -0.3 is 14.9 Å². The SMILES string of the molecule is O=C(OCCF)c1cc([N+](=O)[O-])nn1CCF. The number of aryl methyl sites for hydroxylation is 1. The van der Waals surface area contributed by atoms with Crippen molar-refractivity contribution in [2.45, 2.75) is 6.54 Å². The third-order valence-corrected chi connectivity index (χ3v) is 1.77. The Kier molecular flexibility index (Phi) is 4.49. The second kappa shape index (κ2) is 5.87. The predicted molar refractivity (Wildman–Crippen MR) is 51.1 cm³/mol. The molecule has 0 aliphatic heterocycles. The van der Waals surface area contributed by atoms with E-state index < -0.39 is 36.7 Å². The molecule has 0 bridgehead atoms. The zero-order chi connectivity index (χ0) is 12.8. The number of hydrogen-bond donors (Lipinski definition) is 0. The van der Waals surface area contributed by atoms with Gasteiger partial charge in [-0.25, -0.2) is 13.6 Å². The lowest BCUT2D eigenvalue weighted by Gasteiger charge is -2.01. The summed E-state index contributed by atoms with van der Waals surface area (Å²) in [7, 11) is 0. The lowest BCUT2D eigenvalue weighted by molar-refractivity contribution is -0.389. The summed E-state index contributed by atoms with van der Waals surface area (Å²) in [6.45, 7) is -2.49. The van der Waals surface area contributed by atoms with Gasteiger partial charge in [-0.15, -0.1) is 0 Å². The highest BCUT2D eigenvalue weighted by Crippen LogP contribution is 2.13. The molecule has 94 valence electrons. The standard InChI is InChI=1S/C8H9F2N3O4/c9-1-3-12-6(8(14)17-4-2-10)5-7(11-12)13(15)16/h5H,1-4H2. The van der Waals surface area contributed by atoms with Gasteiger partial charge in [0.1, 0.15) is 20.0 Å². The van der Waals surface area contributed by atoms with Gasteiger partial charge in [-0.2, -0.15) is 4.68 Å². The van der Waals surface area contributed by atoms with Gasteiger partial charge in [0.2, 0.25) is 0 Å². The third-order valence-electron chi connectivity index (χ3n) is 1.77. The molecule has 1 aromatic heterocycles. The van der Waals surface area contributed by atoms with Crippen LogP contribution in [-0.4, -0.2) is 40.6 Å². The fourth-order valence-electron chi connectivity index (χ4n) is 1.11. The molecule has 0 N–H and O–H groups in total. The molecule has 0 amide bonds. The fraction of sp³-hybridized carbons (Fsp3) is 0.500. The average Bonchev–Trinajstić information content (AvgIpc) is 2.70. The maximum atomic E-state index is 12.1. The van der Waals surface area contributed by atoms with E-state index in [9.17, 15) is 23.7 Å². The van der Waals surface area contributed by atoms with Gasteiger partial charge in [0.15, 0.2) is 5.69 Å². The number of halogens is 2. The maximum Gasteiger partial charge on any atom is 0.390 e. The smallest absolute Gasteiger partial charge is 0.390 e. The van der Waals surface area contributed by atoms with E-state index in [1.165, 1.54) is 0 Å². The summed E-state index contributed by atoms with van der Waals surface area (Å²) in [5.41, 5.74) is -0.275. The van der Waals surface area contributed by atoms with Crippen molar-refractivity contribution in [2.75, 3.05) is 20.0 Å². The summed E-state index contributed by atoms with van der Waals surface area (Å²) in [5, 5.41) is 13.8. The molecule has 17 heavy (non-hydrogen) atoms. The van der Waals surface area contributed by atoms with Crippen molar-refractivity contribution in [1.29, 1.82) is 0 Å². The first-order valence-corrected chi connectivity index (χ1v) is 4.61. The summed E-state index contributed by atoms with van der Waals surface area (Å²) in [4.78, 5) is 21.0. The van der Waals surface area contributed by atoms with Crippen LogP contribution in [0.15, 0.2) is 6.07 Å². The Balaban J connectivity index is 2.94. The Morgan fingerprint density at radius 1 is 1.53 bits per heavy atom. The third kappa shape index (κ3) is 3.20. The zero-order valence-corrected chi connectivity index (χ0v) is 8.64. The van der Waals surface area contributed by atoms with Crippen LogP contribution in [0.4, 0.5) is 14.6 Å². The van der Waals surface area contributed by atoms with Crippen molar-refractivity contribution in [2.24, 2.45) is 0 Å². The molecular formula is C8H9F2N3O4. The Hall–Kier alpha value is -2.06. The first kappa shape index (κ1) is 13.0. The molecule has 0 spiro atoms. The molecule has 9 heteroatoms.